The van der Waals surface area contributed by atoms with Crippen LogP contribution in [-0.2, 0) is 10.2 Å². The van der Waals surface area contributed by atoms with Gasteiger partial charge >= 0.3 is 0 Å². The average Bonchev–Trinajstić information content (AvgIpc) is 2.77. The number of fused-ring (bicyclic) bond motifs is 1. The third-order valence-corrected chi connectivity index (χ3v) is 5.12. The Morgan fingerprint density at radius 1 is 1.23 bits per heavy atom. The van der Waals surface area contributed by atoms with Crippen LogP contribution in [0.3, 0.4) is 0 Å². The monoisotopic (exact) mass is 378 g/mol. The Morgan fingerprint density at radius 2 is 1.96 bits per heavy atom. The van der Waals surface area contributed by atoms with Crippen LogP contribution in [0.25, 0.3) is 0 Å². The highest BCUT2D eigenvalue weighted by Gasteiger charge is 2.48. The van der Waals surface area contributed by atoms with Crippen LogP contribution in [0.4, 0.5) is 14.5 Å². The maximum Gasteiger partial charge on any atom is 0.237 e. The maximum atomic E-state index is 14.7. The van der Waals surface area contributed by atoms with Gasteiger partial charge in [-0.05, 0) is 69.3 Å². The van der Waals surface area contributed by atoms with Crippen molar-refractivity contribution in [2.45, 2.75) is 31.7 Å². The molecule has 3 rings (SSSR count). The van der Waals surface area contributed by atoms with Crippen molar-refractivity contribution in [2.75, 3.05) is 18.5 Å². The SMILES string of the molecule is CNCCC(c1cc(F)cc(Cl)c1)N1C(=O)C(C)(C)c2cccc(F)c21. The molecule has 2 aromatic rings. The first-order valence-electron chi connectivity index (χ1n) is 8.50. The summed E-state index contributed by atoms with van der Waals surface area (Å²) in [6, 6.07) is 8.38. The molecule has 26 heavy (non-hydrogen) atoms. The Bertz CT molecular complexity index is 833. The van der Waals surface area contributed by atoms with Crippen LogP contribution in [0.5, 0.6) is 0 Å². The smallest absolute Gasteiger partial charge is 0.237 e. The number of carbonyl (C=O) groups excluding carboxylic acids is 1. The van der Waals surface area contributed by atoms with E-state index < -0.39 is 23.1 Å². The van der Waals surface area contributed by atoms with Crippen LogP contribution in [0, 0.1) is 11.6 Å². The minimum Gasteiger partial charge on any atom is -0.320 e. The van der Waals surface area contributed by atoms with Gasteiger partial charge in [-0.25, -0.2) is 8.78 Å². The summed E-state index contributed by atoms with van der Waals surface area (Å²) in [5, 5.41) is 3.28. The van der Waals surface area contributed by atoms with E-state index in [2.05, 4.69) is 5.32 Å². The third-order valence-electron chi connectivity index (χ3n) is 4.90. The summed E-state index contributed by atoms with van der Waals surface area (Å²) >= 11 is 6.03. The Labute approximate surface area is 157 Å². The fourth-order valence-corrected chi connectivity index (χ4v) is 3.80. The van der Waals surface area contributed by atoms with Gasteiger partial charge in [-0.3, -0.25) is 4.79 Å². The van der Waals surface area contributed by atoms with Crippen molar-refractivity contribution in [1.29, 1.82) is 0 Å². The fraction of sp³-hybridized carbons (Fsp3) is 0.350. The van der Waals surface area contributed by atoms with Crippen molar-refractivity contribution >= 4 is 23.2 Å². The first-order valence-corrected chi connectivity index (χ1v) is 8.88. The number of carbonyl (C=O) groups is 1. The molecule has 0 fully saturated rings. The minimum absolute atomic E-state index is 0.209. The second kappa shape index (κ2) is 6.97. The Morgan fingerprint density at radius 3 is 2.62 bits per heavy atom. The van der Waals surface area contributed by atoms with Gasteiger partial charge in [0.15, 0.2) is 0 Å². The van der Waals surface area contributed by atoms with Gasteiger partial charge in [0.2, 0.25) is 5.91 Å². The standard InChI is InChI=1S/C20H21ClF2N2O/c1-20(2)15-5-4-6-16(23)18(15)25(19(20)26)17(7-8-24-3)12-9-13(21)11-14(22)10-12/h4-6,9-11,17,24H,7-8H2,1-3H3. The molecule has 1 amide bonds. The molecule has 1 aliphatic rings. The molecule has 1 heterocycles. The average molecular weight is 379 g/mol. The Balaban J connectivity index is 2.17. The number of hydrogen-bond acceptors (Lipinski definition) is 2. The van der Waals surface area contributed by atoms with E-state index in [0.717, 1.165) is 0 Å². The van der Waals surface area contributed by atoms with Crippen molar-refractivity contribution in [2.24, 2.45) is 0 Å². The fourth-order valence-electron chi connectivity index (χ4n) is 3.57. The van der Waals surface area contributed by atoms with Crippen molar-refractivity contribution < 1.29 is 13.6 Å². The molecule has 1 atom stereocenters. The molecular weight excluding hydrogens is 358 g/mol. The van der Waals surface area contributed by atoms with E-state index >= 15 is 0 Å². The predicted octanol–water partition coefficient (Wildman–Crippen LogP) is 4.59. The van der Waals surface area contributed by atoms with Gasteiger partial charge in [0.05, 0.1) is 17.1 Å². The third kappa shape index (κ3) is 3.10. The van der Waals surface area contributed by atoms with E-state index in [9.17, 15) is 13.6 Å². The number of amides is 1. The zero-order valence-corrected chi connectivity index (χ0v) is 15.7. The van der Waals surface area contributed by atoms with Crippen molar-refractivity contribution in [1.82, 2.24) is 5.32 Å². The Kier molecular flexibility index (Phi) is 5.04. The van der Waals surface area contributed by atoms with Crippen LogP contribution >= 0.6 is 11.6 Å². The highest BCUT2D eigenvalue weighted by atomic mass is 35.5. The molecule has 1 unspecified atom stereocenters. The molecular formula is C20H21ClF2N2O. The molecule has 1 aliphatic heterocycles. The zero-order valence-electron chi connectivity index (χ0n) is 14.9. The number of halogens is 3. The number of rotatable bonds is 5. The highest BCUT2D eigenvalue weighted by molar-refractivity contribution is 6.30. The number of hydrogen-bond donors (Lipinski definition) is 1. The second-order valence-electron chi connectivity index (χ2n) is 7.05. The van der Waals surface area contributed by atoms with Crippen LogP contribution < -0.4 is 10.2 Å². The van der Waals surface area contributed by atoms with Gasteiger partial charge in [-0.2, -0.15) is 0 Å². The molecule has 3 nitrogen and oxygen atoms in total. The molecule has 0 saturated heterocycles. The number of benzene rings is 2. The van der Waals surface area contributed by atoms with E-state index in [1.165, 1.54) is 23.1 Å². The number of para-hydroxylation sites is 1. The molecule has 0 spiro atoms. The molecule has 0 bridgehead atoms. The maximum absolute atomic E-state index is 14.7. The molecule has 0 radical (unpaired) electrons. The van der Waals surface area contributed by atoms with Gasteiger partial charge < -0.3 is 10.2 Å². The second-order valence-corrected chi connectivity index (χ2v) is 7.48. The lowest BCUT2D eigenvalue weighted by atomic mass is 9.86. The quantitative estimate of drug-likeness (QED) is 0.825. The van der Waals surface area contributed by atoms with E-state index in [1.54, 1.807) is 39.1 Å². The molecule has 0 saturated carbocycles. The Hall–Kier alpha value is -1.98. The minimum atomic E-state index is -0.855. The van der Waals surface area contributed by atoms with E-state index in [4.69, 9.17) is 11.6 Å². The molecule has 0 aromatic heterocycles. The lowest BCUT2D eigenvalue weighted by molar-refractivity contribution is -0.122. The van der Waals surface area contributed by atoms with Crippen LogP contribution in [0.1, 0.15) is 37.4 Å². The topological polar surface area (TPSA) is 32.3 Å². The lowest BCUT2D eigenvalue weighted by Gasteiger charge is -2.31. The molecule has 6 heteroatoms. The van der Waals surface area contributed by atoms with Gasteiger partial charge in [0.1, 0.15) is 11.6 Å². The molecule has 1 N–H and O–H groups in total. The summed E-state index contributed by atoms with van der Waals surface area (Å²) in [7, 11) is 1.79. The van der Waals surface area contributed by atoms with E-state index in [-0.39, 0.29) is 16.6 Å². The van der Waals surface area contributed by atoms with Gasteiger partial charge in [-0.1, -0.05) is 23.7 Å². The number of nitrogens with one attached hydrogen (secondary N) is 1. The molecule has 2 aromatic carbocycles. The molecule has 0 aliphatic carbocycles. The summed E-state index contributed by atoms with van der Waals surface area (Å²) in [6.45, 7) is 4.13. The summed E-state index contributed by atoms with van der Waals surface area (Å²) in [4.78, 5) is 14.7. The van der Waals surface area contributed by atoms with Crippen LogP contribution in [0.2, 0.25) is 5.02 Å². The predicted molar refractivity (Wildman–Crippen MR) is 99.6 cm³/mol. The van der Waals surface area contributed by atoms with Gasteiger partial charge in [0, 0.05) is 5.02 Å². The molecule has 138 valence electrons. The summed E-state index contributed by atoms with van der Waals surface area (Å²) in [5.74, 6) is -1.15. The van der Waals surface area contributed by atoms with Crippen LogP contribution in [-0.4, -0.2) is 19.5 Å². The number of anilines is 1. The van der Waals surface area contributed by atoms with Crippen molar-refractivity contribution in [3.05, 3.63) is 64.2 Å². The van der Waals surface area contributed by atoms with E-state index in [1.807, 2.05) is 0 Å². The summed E-state index contributed by atoms with van der Waals surface area (Å²) in [6.07, 6.45) is 0.492. The number of nitrogens with zero attached hydrogens (tertiary/aromatic N) is 1. The van der Waals surface area contributed by atoms with E-state index in [0.29, 0.717) is 24.1 Å². The summed E-state index contributed by atoms with van der Waals surface area (Å²) in [5.41, 5.74) is 0.598. The normalized spacial score (nSPS) is 16.7. The first-order chi connectivity index (χ1) is 12.3. The highest BCUT2D eigenvalue weighted by Crippen LogP contribution is 2.47. The van der Waals surface area contributed by atoms with Crippen molar-refractivity contribution in [3.8, 4) is 0 Å². The van der Waals surface area contributed by atoms with Crippen molar-refractivity contribution in [3.63, 3.8) is 0 Å². The van der Waals surface area contributed by atoms with Crippen LogP contribution in [0.15, 0.2) is 36.4 Å². The summed E-state index contributed by atoms with van der Waals surface area (Å²) < 4.78 is 28.6. The zero-order chi connectivity index (χ0) is 19.1. The first kappa shape index (κ1) is 18.8. The van der Waals surface area contributed by atoms with Gasteiger partial charge in [0.25, 0.3) is 0 Å². The van der Waals surface area contributed by atoms with Gasteiger partial charge in [-0.15, -0.1) is 0 Å². The largest absolute Gasteiger partial charge is 0.320 e. The lowest BCUT2D eigenvalue weighted by Crippen LogP contribution is -2.39.